The number of benzene rings is 4. The normalized spacial score (nSPS) is 12.3. The molecule has 2 aromatic heterocycles. The Balaban J connectivity index is 1.79. The average molecular weight is 412 g/mol. The van der Waals surface area contributed by atoms with E-state index in [1.165, 1.54) is 0 Å². The maximum absolute atomic E-state index is 14.1. The van der Waals surface area contributed by atoms with Crippen LogP contribution in [0.5, 0.6) is 0 Å². The van der Waals surface area contributed by atoms with Crippen molar-refractivity contribution in [2.75, 3.05) is 0 Å². The van der Waals surface area contributed by atoms with Gasteiger partial charge in [0, 0.05) is 20.2 Å². The summed E-state index contributed by atoms with van der Waals surface area (Å²) in [5.74, 6) is -1.67. The number of halogens is 4. The third-order valence-corrected chi connectivity index (χ3v) is 7.08. The molecule has 0 aliphatic rings. The van der Waals surface area contributed by atoms with E-state index in [2.05, 4.69) is 0 Å². The van der Waals surface area contributed by atoms with Crippen LogP contribution in [0.4, 0.5) is 17.6 Å². The van der Waals surface area contributed by atoms with Crippen molar-refractivity contribution < 1.29 is 17.6 Å². The van der Waals surface area contributed by atoms with Gasteiger partial charge in [0.15, 0.2) is 11.6 Å². The van der Waals surface area contributed by atoms with E-state index < -0.39 is 21.9 Å². The molecule has 4 aromatic carbocycles. The first-order valence-electron chi connectivity index (χ1n) is 8.45. The summed E-state index contributed by atoms with van der Waals surface area (Å²) in [4.78, 5) is 0. The molecule has 136 valence electrons. The zero-order valence-electron chi connectivity index (χ0n) is 13.9. The van der Waals surface area contributed by atoms with Gasteiger partial charge in [0.2, 0.25) is 10.3 Å². The van der Waals surface area contributed by atoms with Crippen LogP contribution < -0.4 is 0 Å². The Morgan fingerprint density at radius 3 is 1.32 bits per heavy atom. The Morgan fingerprint density at radius 1 is 0.464 bits per heavy atom. The van der Waals surface area contributed by atoms with Crippen LogP contribution in [0.3, 0.4) is 0 Å². The van der Waals surface area contributed by atoms with Crippen LogP contribution in [-0.2, 0) is 0 Å². The van der Waals surface area contributed by atoms with Crippen LogP contribution in [0.15, 0.2) is 48.5 Å². The quantitative estimate of drug-likeness (QED) is 0.174. The third-order valence-electron chi connectivity index (χ3n) is 5.25. The Morgan fingerprint density at radius 2 is 0.893 bits per heavy atom. The summed E-state index contributed by atoms with van der Waals surface area (Å²) < 4.78 is 56.7. The first-order chi connectivity index (χ1) is 13.5. The van der Waals surface area contributed by atoms with Crippen LogP contribution >= 0.6 is 22.7 Å². The molecule has 6 aromatic rings. The smallest absolute Gasteiger partial charge is 0.202 e. The molecule has 6 heteroatoms. The molecule has 0 unspecified atom stereocenters. The lowest BCUT2D eigenvalue weighted by Crippen LogP contribution is -1.82. The minimum Gasteiger partial charge on any atom is -0.202 e. The zero-order chi connectivity index (χ0) is 19.2. The summed E-state index contributed by atoms with van der Waals surface area (Å²) in [6.45, 7) is 0. The largest absolute Gasteiger partial charge is 0.213 e. The van der Waals surface area contributed by atoms with Crippen molar-refractivity contribution in [3.63, 3.8) is 0 Å². The Labute approximate surface area is 163 Å². The van der Waals surface area contributed by atoms with Gasteiger partial charge < -0.3 is 0 Å². The molecular weight excluding hydrogens is 404 g/mol. The highest BCUT2D eigenvalue weighted by atomic mass is 32.1. The minimum absolute atomic E-state index is 0.254. The van der Waals surface area contributed by atoms with Crippen LogP contribution in [0.2, 0.25) is 0 Å². The Kier molecular flexibility index (Phi) is 3.15. The van der Waals surface area contributed by atoms with E-state index >= 15 is 0 Å². The van der Waals surface area contributed by atoms with Gasteiger partial charge in [0.05, 0.1) is 0 Å². The average Bonchev–Trinajstić information content (AvgIpc) is 3.13. The molecule has 0 saturated heterocycles. The summed E-state index contributed by atoms with van der Waals surface area (Å²) in [6, 6.07) is 14.5. The first-order valence-corrected chi connectivity index (χ1v) is 10.1. The van der Waals surface area contributed by atoms with Gasteiger partial charge in [-0.15, -0.1) is 22.7 Å². The van der Waals surface area contributed by atoms with Crippen LogP contribution in [0, 0.1) is 21.9 Å². The predicted octanol–water partition coefficient (Wildman–Crippen LogP) is 8.13. The van der Waals surface area contributed by atoms with Crippen LogP contribution in [0.1, 0.15) is 0 Å². The number of hydrogen-bond donors (Lipinski definition) is 0. The molecule has 0 spiro atoms. The lowest BCUT2D eigenvalue weighted by Gasteiger charge is -2.08. The molecule has 28 heavy (non-hydrogen) atoms. The van der Waals surface area contributed by atoms with E-state index in [0.29, 0.717) is 9.40 Å². The van der Waals surface area contributed by atoms with Crippen molar-refractivity contribution in [2.24, 2.45) is 0 Å². The second-order valence-corrected chi connectivity index (χ2v) is 8.75. The molecule has 0 nitrogen and oxygen atoms in total. The molecule has 6 rings (SSSR count). The molecule has 0 atom stereocenters. The summed E-state index contributed by atoms with van der Waals surface area (Å²) >= 11 is 1.58. The van der Waals surface area contributed by atoms with Crippen LogP contribution in [0.25, 0.3) is 52.5 Å². The Bertz CT molecular complexity index is 1490. The summed E-state index contributed by atoms with van der Waals surface area (Å²) in [5.41, 5.74) is 0. The number of thiophene rings is 2. The maximum Gasteiger partial charge on any atom is 0.213 e. The monoisotopic (exact) mass is 412 g/mol. The van der Waals surface area contributed by atoms with Crippen molar-refractivity contribution in [3.8, 4) is 0 Å². The molecule has 0 amide bonds. The van der Waals surface area contributed by atoms with Crippen LogP contribution in [-0.4, -0.2) is 0 Å². The van der Waals surface area contributed by atoms with E-state index in [0.717, 1.165) is 55.0 Å². The van der Waals surface area contributed by atoms with E-state index in [1.807, 2.05) is 24.3 Å². The fraction of sp³-hybridized carbons (Fsp3) is 0. The molecule has 0 bridgehead atoms. The first kappa shape index (κ1) is 16.3. The zero-order valence-corrected chi connectivity index (χ0v) is 15.6. The molecule has 2 heterocycles. The summed E-state index contributed by atoms with van der Waals surface area (Å²) in [7, 11) is 0. The highest BCUT2D eigenvalue weighted by Crippen LogP contribution is 2.39. The molecule has 0 saturated carbocycles. The van der Waals surface area contributed by atoms with Crippen molar-refractivity contribution in [3.05, 3.63) is 70.4 Å². The second kappa shape index (κ2) is 5.43. The summed E-state index contributed by atoms with van der Waals surface area (Å²) in [5, 5.41) is 3.90. The van der Waals surface area contributed by atoms with E-state index in [4.69, 9.17) is 0 Å². The van der Waals surface area contributed by atoms with Gasteiger partial charge in [-0.05, 0) is 56.6 Å². The Hall–Kier alpha value is -2.70. The number of fused-ring (bicyclic) bond motifs is 7. The van der Waals surface area contributed by atoms with E-state index in [1.54, 1.807) is 24.3 Å². The third kappa shape index (κ3) is 2.04. The van der Waals surface area contributed by atoms with Gasteiger partial charge in [0.25, 0.3) is 0 Å². The lowest BCUT2D eigenvalue weighted by atomic mass is 9.96. The SMILES string of the molecule is Fc1sc2cc3ccc4c5cc6c(F)c(F)sc6cc5ccc4c3cc2c1F. The molecule has 0 aliphatic heterocycles. The topological polar surface area (TPSA) is 0 Å². The second-order valence-electron chi connectivity index (χ2n) is 6.74. The fourth-order valence-electron chi connectivity index (χ4n) is 3.94. The fourth-order valence-corrected chi connectivity index (χ4v) is 5.61. The van der Waals surface area contributed by atoms with Crippen molar-refractivity contribution in [1.82, 2.24) is 0 Å². The molecule has 0 aliphatic carbocycles. The van der Waals surface area contributed by atoms with Gasteiger partial charge in [-0.1, -0.05) is 24.3 Å². The number of rotatable bonds is 0. The standard InChI is InChI=1S/C22H8F4S2/c23-19-15-7-13-9(5-17(15)27-21(19)25)1-3-11-12(13)4-2-10-6-18-16(8-14(10)11)20(24)22(26)28-18/h1-8H. The van der Waals surface area contributed by atoms with E-state index in [-0.39, 0.29) is 10.8 Å². The molecule has 0 N–H and O–H groups in total. The van der Waals surface area contributed by atoms with Gasteiger partial charge >= 0.3 is 0 Å². The highest BCUT2D eigenvalue weighted by molar-refractivity contribution is 7.18. The van der Waals surface area contributed by atoms with Crippen molar-refractivity contribution in [1.29, 1.82) is 0 Å². The number of hydrogen-bond acceptors (Lipinski definition) is 2. The minimum atomic E-state index is -0.836. The van der Waals surface area contributed by atoms with Crippen molar-refractivity contribution in [2.45, 2.75) is 0 Å². The lowest BCUT2D eigenvalue weighted by molar-refractivity contribution is 0.538. The van der Waals surface area contributed by atoms with Gasteiger partial charge in [-0.2, -0.15) is 8.78 Å². The predicted molar refractivity (Wildman–Crippen MR) is 110 cm³/mol. The van der Waals surface area contributed by atoms with E-state index in [9.17, 15) is 17.6 Å². The highest BCUT2D eigenvalue weighted by Gasteiger charge is 2.16. The summed E-state index contributed by atoms with van der Waals surface area (Å²) in [6.07, 6.45) is 0. The van der Waals surface area contributed by atoms with Gasteiger partial charge in [-0.25, -0.2) is 8.78 Å². The molecule has 0 fully saturated rings. The van der Waals surface area contributed by atoms with Gasteiger partial charge in [-0.3, -0.25) is 0 Å². The molecule has 0 radical (unpaired) electrons. The van der Waals surface area contributed by atoms with Gasteiger partial charge in [0.1, 0.15) is 0 Å². The molecular formula is C22H8F4S2. The maximum atomic E-state index is 14.1. The van der Waals surface area contributed by atoms with Crippen molar-refractivity contribution >= 4 is 75.2 Å².